The minimum atomic E-state index is 0.0770. The second-order valence-electron chi connectivity index (χ2n) is 3.81. The van der Waals surface area contributed by atoms with Crippen molar-refractivity contribution in [2.75, 3.05) is 11.5 Å². The summed E-state index contributed by atoms with van der Waals surface area (Å²) in [5.74, 6) is 1.60. The van der Waals surface area contributed by atoms with Crippen LogP contribution in [0.2, 0.25) is 10.0 Å². The molecule has 1 aromatic carbocycles. The van der Waals surface area contributed by atoms with Crippen LogP contribution in [0.5, 0.6) is 0 Å². The van der Waals surface area contributed by atoms with Gasteiger partial charge in [0.05, 0.1) is 10.8 Å². The van der Waals surface area contributed by atoms with E-state index >= 15 is 0 Å². The van der Waals surface area contributed by atoms with Gasteiger partial charge in [0.2, 0.25) is 0 Å². The summed E-state index contributed by atoms with van der Waals surface area (Å²) in [5, 5.41) is 0.999. The van der Waals surface area contributed by atoms with Crippen molar-refractivity contribution in [3.8, 4) is 0 Å². The Morgan fingerprint density at radius 2 is 2.06 bits per heavy atom. The molecule has 0 aromatic heterocycles. The summed E-state index contributed by atoms with van der Waals surface area (Å²) in [7, 11) is 0. The first kappa shape index (κ1) is 14.9. The molecule has 94 valence electrons. The monoisotopic (exact) mass is 290 g/mol. The van der Waals surface area contributed by atoms with E-state index in [0.29, 0.717) is 21.4 Å². The molecule has 0 amide bonds. The lowest BCUT2D eigenvalue weighted by Crippen LogP contribution is -2.03. The first-order chi connectivity index (χ1) is 8.15. The van der Waals surface area contributed by atoms with Crippen molar-refractivity contribution in [1.82, 2.24) is 0 Å². The predicted molar refractivity (Wildman–Crippen MR) is 77.6 cm³/mol. The Kier molecular flexibility index (Phi) is 7.02. The molecule has 4 heteroatoms. The molecule has 0 heterocycles. The minimum Gasteiger partial charge on any atom is -0.293 e. The molecule has 1 nitrogen and oxygen atoms in total. The molecule has 0 aliphatic heterocycles. The highest BCUT2D eigenvalue weighted by Crippen LogP contribution is 2.22. The Morgan fingerprint density at radius 1 is 1.29 bits per heavy atom. The van der Waals surface area contributed by atoms with Gasteiger partial charge >= 0.3 is 0 Å². The maximum absolute atomic E-state index is 11.9. The van der Waals surface area contributed by atoms with E-state index in [1.807, 2.05) is 0 Å². The molecule has 0 bridgehead atoms. The zero-order valence-electron chi connectivity index (χ0n) is 9.84. The predicted octanol–water partition coefficient (Wildman–Crippen LogP) is 5.10. The number of hydrogen-bond donors (Lipinski definition) is 0. The van der Waals surface area contributed by atoms with Gasteiger partial charge in [0.1, 0.15) is 0 Å². The van der Waals surface area contributed by atoms with E-state index in [0.717, 1.165) is 5.75 Å². The number of carbonyl (C=O) groups excluding carboxylic acids is 1. The summed E-state index contributed by atoms with van der Waals surface area (Å²) in [6.07, 6.45) is 3.60. The molecule has 0 saturated carbocycles. The van der Waals surface area contributed by atoms with Gasteiger partial charge in [0.15, 0.2) is 5.78 Å². The van der Waals surface area contributed by atoms with Gasteiger partial charge in [-0.25, -0.2) is 0 Å². The third-order valence-corrected chi connectivity index (χ3v) is 3.95. The first-order valence-corrected chi connectivity index (χ1v) is 7.62. The maximum atomic E-state index is 11.9. The average Bonchev–Trinajstić information content (AvgIpc) is 2.28. The van der Waals surface area contributed by atoms with Gasteiger partial charge in [-0.3, -0.25) is 4.79 Å². The van der Waals surface area contributed by atoms with E-state index in [2.05, 4.69) is 6.92 Å². The highest BCUT2D eigenvalue weighted by molar-refractivity contribution is 7.99. The summed E-state index contributed by atoms with van der Waals surface area (Å²) in [6.45, 7) is 2.17. The number of halogens is 2. The normalized spacial score (nSPS) is 10.5. The molecule has 17 heavy (non-hydrogen) atoms. The van der Waals surface area contributed by atoms with Crippen LogP contribution < -0.4 is 0 Å². The fourth-order valence-corrected chi connectivity index (χ4v) is 2.82. The Bertz CT molecular complexity index is 380. The quantitative estimate of drug-likeness (QED) is 0.513. The van der Waals surface area contributed by atoms with Crippen molar-refractivity contribution in [3.63, 3.8) is 0 Å². The second-order valence-corrected chi connectivity index (χ2v) is 5.76. The van der Waals surface area contributed by atoms with E-state index in [9.17, 15) is 4.79 Å². The van der Waals surface area contributed by atoms with Crippen molar-refractivity contribution < 1.29 is 4.79 Å². The Morgan fingerprint density at radius 3 is 2.71 bits per heavy atom. The van der Waals surface area contributed by atoms with Crippen LogP contribution in [-0.2, 0) is 0 Å². The third kappa shape index (κ3) is 5.33. The van der Waals surface area contributed by atoms with Crippen LogP contribution in [-0.4, -0.2) is 17.3 Å². The van der Waals surface area contributed by atoms with Crippen LogP contribution in [0.1, 0.15) is 36.5 Å². The van der Waals surface area contributed by atoms with Gasteiger partial charge in [0.25, 0.3) is 0 Å². The third-order valence-electron chi connectivity index (χ3n) is 2.36. The zero-order chi connectivity index (χ0) is 12.7. The number of carbonyl (C=O) groups is 1. The highest BCUT2D eigenvalue weighted by atomic mass is 35.5. The molecule has 1 rings (SSSR count). The van der Waals surface area contributed by atoms with Crippen molar-refractivity contribution in [2.24, 2.45) is 0 Å². The number of hydrogen-bond acceptors (Lipinski definition) is 2. The van der Waals surface area contributed by atoms with Gasteiger partial charge in [-0.15, -0.1) is 0 Å². The lowest BCUT2D eigenvalue weighted by atomic mass is 10.1. The molecule has 0 aliphatic rings. The Labute approximate surface area is 117 Å². The van der Waals surface area contributed by atoms with Crippen LogP contribution >= 0.6 is 35.0 Å². The molecular weight excluding hydrogens is 275 g/mol. The number of rotatable bonds is 7. The van der Waals surface area contributed by atoms with Crippen LogP contribution in [0.25, 0.3) is 0 Å². The van der Waals surface area contributed by atoms with E-state index in [-0.39, 0.29) is 5.78 Å². The standard InChI is InChI=1S/C13H16Cl2OS/c1-2-3-4-7-17-9-13(16)11-6-5-10(14)8-12(11)15/h5-6,8H,2-4,7,9H2,1H3. The summed E-state index contributed by atoms with van der Waals surface area (Å²) in [6, 6.07) is 5.00. The topological polar surface area (TPSA) is 17.1 Å². The van der Waals surface area contributed by atoms with E-state index < -0.39 is 0 Å². The molecule has 0 unspecified atom stereocenters. The van der Waals surface area contributed by atoms with Crippen LogP contribution in [0.4, 0.5) is 0 Å². The van der Waals surface area contributed by atoms with Crippen molar-refractivity contribution in [3.05, 3.63) is 33.8 Å². The van der Waals surface area contributed by atoms with Gasteiger partial charge in [-0.2, -0.15) is 11.8 Å². The lowest BCUT2D eigenvalue weighted by Gasteiger charge is -2.04. The van der Waals surface area contributed by atoms with Gasteiger partial charge in [0, 0.05) is 10.6 Å². The van der Waals surface area contributed by atoms with E-state index in [1.54, 1.807) is 30.0 Å². The number of benzene rings is 1. The summed E-state index contributed by atoms with van der Waals surface area (Å²) in [5.41, 5.74) is 0.569. The molecule has 0 N–H and O–H groups in total. The highest BCUT2D eigenvalue weighted by Gasteiger charge is 2.10. The van der Waals surface area contributed by atoms with Crippen molar-refractivity contribution >= 4 is 40.7 Å². The molecule has 0 atom stereocenters. The van der Waals surface area contributed by atoms with Crippen LogP contribution in [0, 0.1) is 0 Å². The second kappa shape index (κ2) is 8.02. The molecule has 1 aromatic rings. The molecule has 0 spiro atoms. The summed E-state index contributed by atoms with van der Waals surface area (Å²) in [4.78, 5) is 11.9. The number of unbranched alkanes of at least 4 members (excludes halogenated alkanes) is 2. The molecule has 0 aliphatic carbocycles. The average molecular weight is 291 g/mol. The smallest absolute Gasteiger partial charge is 0.174 e. The van der Waals surface area contributed by atoms with Gasteiger partial charge in [-0.1, -0.05) is 43.0 Å². The number of ketones is 1. The molecular formula is C13H16Cl2OS. The molecule has 0 fully saturated rings. The Hall–Kier alpha value is -0.180. The minimum absolute atomic E-state index is 0.0770. The van der Waals surface area contributed by atoms with E-state index in [4.69, 9.17) is 23.2 Å². The Balaban J connectivity index is 2.42. The first-order valence-electron chi connectivity index (χ1n) is 5.71. The summed E-state index contributed by atoms with van der Waals surface area (Å²) < 4.78 is 0. The largest absolute Gasteiger partial charge is 0.293 e. The van der Waals surface area contributed by atoms with Gasteiger partial charge < -0.3 is 0 Å². The lowest BCUT2D eigenvalue weighted by molar-refractivity contribution is 0.102. The fourth-order valence-electron chi connectivity index (χ4n) is 1.41. The van der Waals surface area contributed by atoms with Crippen LogP contribution in [0.15, 0.2) is 18.2 Å². The molecule has 0 radical (unpaired) electrons. The molecule has 0 saturated heterocycles. The maximum Gasteiger partial charge on any atom is 0.174 e. The zero-order valence-corrected chi connectivity index (χ0v) is 12.2. The van der Waals surface area contributed by atoms with Crippen molar-refractivity contribution in [1.29, 1.82) is 0 Å². The van der Waals surface area contributed by atoms with E-state index in [1.165, 1.54) is 19.3 Å². The van der Waals surface area contributed by atoms with Gasteiger partial charge in [-0.05, 0) is 30.4 Å². The SMILES string of the molecule is CCCCCSCC(=O)c1ccc(Cl)cc1Cl. The number of thioether (sulfide) groups is 1. The van der Waals surface area contributed by atoms with Crippen LogP contribution in [0.3, 0.4) is 0 Å². The summed E-state index contributed by atoms with van der Waals surface area (Å²) >= 11 is 13.4. The number of Topliss-reactive ketones (excluding diaryl/α,β-unsaturated/α-hetero) is 1. The van der Waals surface area contributed by atoms with Crippen molar-refractivity contribution in [2.45, 2.75) is 26.2 Å². The fraction of sp³-hybridized carbons (Fsp3) is 0.462.